The molecule has 0 atom stereocenters. The second-order valence-electron chi connectivity index (χ2n) is 6.60. The fraction of sp³-hybridized carbons (Fsp3) is 0.368. The summed E-state index contributed by atoms with van der Waals surface area (Å²) in [5, 5.41) is 2.74. The van der Waals surface area contributed by atoms with Crippen molar-refractivity contribution >= 4 is 15.9 Å². The maximum atomic E-state index is 12.3. The van der Waals surface area contributed by atoms with E-state index in [1.807, 2.05) is 19.9 Å². The van der Waals surface area contributed by atoms with Gasteiger partial charge in [-0.15, -0.1) is 0 Å². The molecule has 1 aromatic heterocycles. The van der Waals surface area contributed by atoms with Crippen molar-refractivity contribution in [2.24, 2.45) is 5.92 Å². The van der Waals surface area contributed by atoms with E-state index in [-0.39, 0.29) is 23.3 Å². The van der Waals surface area contributed by atoms with E-state index in [2.05, 4.69) is 15.0 Å². The van der Waals surface area contributed by atoms with E-state index >= 15 is 0 Å². The summed E-state index contributed by atoms with van der Waals surface area (Å²) in [4.78, 5) is 16.1. The molecule has 0 aliphatic carbocycles. The molecular formula is C19H25N3O4S. The van der Waals surface area contributed by atoms with Gasteiger partial charge in [-0.1, -0.05) is 19.9 Å². The van der Waals surface area contributed by atoms with Crippen molar-refractivity contribution in [3.8, 4) is 5.75 Å². The smallest absolute Gasteiger partial charge is 0.258 e. The number of ether oxygens (including phenoxy) is 1. The van der Waals surface area contributed by atoms with Gasteiger partial charge in [0.15, 0.2) is 6.61 Å². The molecule has 1 aromatic carbocycles. The third-order valence-electron chi connectivity index (χ3n) is 3.71. The van der Waals surface area contributed by atoms with Crippen LogP contribution in [0.1, 0.15) is 25.0 Å². The zero-order valence-electron chi connectivity index (χ0n) is 15.7. The lowest BCUT2D eigenvalue weighted by Gasteiger charge is -2.12. The molecule has 1 amide bonds. The van der Waals surface area contributed by atoms with Gasteiger partial charge in [-0.25, -0.2) is 13.1 Å². The molecule has 0 unspecified atom stereocenters. The number of hydrogen-bond donors (Lipinski definition) is 2. The first kappa shape index (κ1) is 20.9. The Hall–Kier alpha value is -2.45. The summed E-state index contributed by atoms with van der Waals surface area (Å²) < 4.78 is 32.6. The Balaban J connectivity index is 1.91. The Bertz CT molecular complexity index is 868. The minimum atomic E-state index is -3.56. The molecule has 2 N–H and O–H groups in total. The zero-order chi connectivity index (χ0) is 19.9. The van der Waals surface area contributed by atoms with Gasteiger partial charge in [-0.3, -0.25) is 9.78 Å². The summed E-state index contributed by atoms with van der Waals surface area (Å²) in [6.07, 6.45) is 3.34. The predicted molar refractivity (Wildman–Crippen MR) is 103 cm³/mol. The molecule has 27 heavy (non-hydrogen) atoms. The predicted octanol–water partition coefficient (Wildman–Crippen LogP) is 2.02. The van der Waals surface area contributed by atoms with Crippen molar-refractivity contribution in [1.82, 2.24) is 15.0 Å². The molecule has 8 heteroatoms. The van der Waals surface area contributed by atoms with Crippen molar-refractivity contribution < 1.29 is 17.9 Å². The van der Waals surface area contributed by atoms with Gasteiger partial charge in [0.2, 0.25) is 10.0 Å². The number of carbonyl (C=O) groups excluding carboxylic acids is 1. The number of rotatable bonds is 9. The molecule has 2 rings (SSSR count). The number of sulfonamides is 1. The van der Waals surface area contributed by atoms with Crippen LogP contribution < -0.4 is 14.8 Å². The van der Waals surface area contributed by atoms with Crippen LogP contribution in [0.25, 0.3) is 0 Å². The fourth-order valence-electron chi connectivity index (χ4n) is 2.21. The monoisotopic (exact) mass is 391 g/mol. The van der Waals surface area contributed by atoms with Crippen LogP contribution in [0.2, 0.25) is 0 Å². The first-order chi connectivity index (χ1) is 12.8. The summed E-state index contributed by atoms with van der Waals surface area (Å²) in [7, 11) is -3.56. The Morgan fingerprint density at radius 1 is 1.26 bits per heavy atom. The quantitative estimate of drug-likeness (QED) is 0.682. The summed E-state index contributed by atoms with van der Waals surface area (Å²) >= 11 is 0. The van der Waals surface area contributed by atoms with Crippen LogP contribution in [0.4, 0.5) is 0 Å². The van der Waals surface area contributed by atoms with Gasteiger partial charge in [-0.05, 0) is 48.2 Å². The van der Waals surface area contributed by atoms with Crippen LogP contribution in [0.5, 0.6) is 5.75 Å². The average molecular weight is 391 g/mol. The molecule has 0 saturated heterocycles. The SMILES string of the molecule is Cc1cc(S(=O)(=O)NCC(C)C)ccc1OCC(=O)NCc1cccnc1. The standard InChI is InChI=1S/C19H25N3O4S/c1-14(2)10-22-27(24,25)17-6-7-18(15(3)9-17)26-13-19(23)21-12-16-5-4-8-20-11-16/h4-9,11,14,22H,10,12-13H2,1-3H3,(H,21,23). The van der Waals surface area contributed by atoms with Crippen LogP contribution in [0.3, 0.4) is 0 Å². The van der Waals surface area contributed by atoms with Gasteiger partial charge in [0, 0.05) is 25.5 Å². The molecule has 7 nitrogen and oxygen atoms in total. The number of amides is 1. The van der Waals surface area contributed by atoms with Crippen LogP contribution in [-0.2, 0) is 21.4 Å². The molecular weight excluding hydrogens is 366 g/mol. The van der Waals surface area contributed by atoms with Crippen LogP contribution in [0.15, 0.2) is 47.6 Å². The lowest BCUT2D eigenvalue weighted by atomic mass is 10.2. The summed E-state index contributed by atoms with van der Waals surface area (Å²) in [5.74, 6) is 0.413. The molecule has 2 aromatic rings. The van der Waals surface area contributed by atoms with Crippen LogP contribution in [0, 0.1) is 12.8 Å². The summed E-state index contributed by atoms with van der Waals surface area (Å²) in [5.41, 5.74) is 1.54. The third kappa shape index (κ3) is 6.65. The maximum absolute atomic E-state index is 12.3. The highest BCUT2D eigenvalue weighted by molar-refractivity contribution is 7.89. The lowest BCUT2D eigenvalue weighted by molar-refractivity contribution is -0.123. The van der Waals surface area contributed by atoms with Gasteiger partial charge >= 0.3 is 0 Å². The molecule has 146 valence electrons. The van der Waals surface area contributed by atoms with Crippen molar-refractivity contribution in [2.75, 3.05) is 13.2 Å². The van der Waals surface area contributed by atoms with E-state index in [1.54, 1.807) is 31.5 Å². The fourth-order valence-corrected chi connectivity index (χ4v) is 3.51. The van der Waals surface area contributed by atoms with Crippen molar-refractivity contribution in [3.05, 3.63) is 53.9 Å². The van der Waals surface area contributed by atoms with Gasteiger partial charge in [-0.2, -0.15) is 0 Å². The molecule has 0 bridgehead atoms. The van der Waals surface area contributed by atoms with Gasteiger partial charge in [0.05, 0.1) is 4.90 Å². The summed E-state index contributed by atoms with van der Waals surface area (Å²) in [6, 6.07) is 8.23. The highest BCUT2D eigenvalue weighted by atomic mass is 32.2. The first-order valence-electron chi connectivity index (χ1n) is 8.66. The molecule has 0 radical (unpaired) electrons. The van der Waals surface area contributed by atoms with Crippen LogP contribution in [-0.4, -0.2) is 32.5 Å². The van der Waals surface area contributed by atoms with E-state index in [4.69, 9.17) is 4.74 Å². The van der Waals surface area contributed by atoms with E-state index in [0.29, 0.717) is 24.4 Å². The molecule has 0 saturated carbocycles. The topological polar surface area (TPSA) is 97.4 Å². The average Bonchev–Trinajstić information content (AvgIpc) is 2.64. The number of nitrogens with zero attached hydrogens (tertiary/aromatic N) is 1. The molecule has 0 fully saturated rings. The van der Waals surface area contributed by atoms with Crippen LogP contribution >= 0.6 is 0 Å². The minimum Gasteiger partial charge on any atom is -0.484 e. The number of nitrogens with one attached hydrogen (secondary N) is 2. The van der Waals surface area contributed by atoms with Gasteiger partial charge in [0.1, 0.15) is 5.75 Å². The number of aromatic nitrogens is 1. The van der Waals surface area contributed by atoms with Crippen molar-refractivity contribution in [2.45, 2.75) is 32.2 Å². The Labute approximate surface area is 160 Å². The van der Waals surface area contributed by atoms with E-state index in [0.717, 1.165) is 5.56 Å². The van der Waals surface area contributed by atoms with Crippen molar-refractivity contribution in [1.29, 1.82) is 0 Å². The van der Waals surface area contributed by atoms with E-state index < -0.39 is 10.0 Å². The molecule has 0 aliphatic rings. The lowest BCUT2D eigenvalue weighted by Crippen LogP contribution is -2.28. The van der Waals surface area contributed by atoms with Crippen molar-refractivity contribution in [3.63, 3.8) is 0 Å². The highest BCUT2D eigenvalue weighted by Gasteiger charge is 2.16. The summed E-state index contributed by atoms with van der Waals surface area (Å²) in [6.45, 7) is 6.20. The van der Waals surface area contributed by atoms with Gasteiger partial charge < -0.3 is 10.1 Å². The largest absolute Gasteiger partial charge is 0.484 e. The van der Waals surface area contributed by atoms with Gasteiger partial charge in [0.25, 0.3) is 5.91 Å². The molecule has 0 spiro atoms. The number of hydrogen-bond acceptors (Lipinski definition) is 5. The Morgan fingerprint density at radius 2 is 2.04 bits per heavy atom. The number of carbonyl (C=O) groups is 1. The normalized spacial score (nSPS) is 11.4. The molecule has 1 heterocycles. The second-order valence-corrected chi connectivity index (χ2v) is 8.37. The van der Waals surface area contributed by atoms with E-state index in [1.165, 1.54) is 12.1 Å². The Morgan fingerprint density at radius 3 is 2.67 bits per heavy atom. The third-order valence-corrected chi connectivity index (χ3v) is 5.13. The maximum Gasteiger partial charge on any atom is 0.258 e. The number of pyridine rings is 1. The number of benzene rings is 1. The first-order valence-corrected chi connectivity index (χ1v) is 10.1. The number of aryl methyl sites for hydroxylation is 1. The highest BCUT2D eigenvalue weighted by Crippen LogP contribution is 2.21. The zero-order valence-corrected chi connectivity index (χ0v) is 16.5. The second kappa shape index (κ2) is 9.48. The van der Waals surface area contributed by atoms with E-state index in [9.17, 15) is 13.2 Å². The Kier molecular flexibility index (Phi) is 7.32. The minimum absolute atomic E-state index is 0.154. The molecule has 0 aliphatic heterocycles.